The lowest BCUT2D eigenvalue weighted by molar-refractivity contribution is 0.170. The number of nitrogens with one attached hydrogen (secondary N) is 1. The van der Waals surface area contributed by atoms with Crippen LogP contribution in [0.4, 0.5) is 0 Å². The van der Waals surface area contributed by atoms with Crippen molar-refractivity contribution >= 4 is 0 Å². The SMILES string of the molecule is COCCCOc1cnc(CNCC(C)C)cn1. The first-order chi connectivity index (χ1) is 8.72. The largest absolute Gasteiger partial charge is 0.476 e. The molecule has 18 heavy (non-hydrogen) atoms. The van der Waals surface area contributed by atoms with Gasteiger partial charge in [0.05, 0.1) is 24.7 Å². The molecule has 0 amide bonds. The van der Waals surface area contributed by atoms with Crippen LogP contribution in [0.3, 0.4) is 0 Å². The summed E-state index contributed by atoms with van der Waals surface area (Å²) < 4.78 is 10.4. The molecule has 5 heteroatoms. The van der Waals surface area contributed by atoms with Crippen molar-refractivity contribution in [2.45, 2.75) is 26.8 Å². The van der Waals surface area contributed by atoms with Crippen LogP contribution in [0.15, 0.2) is 12.4 Å². The van der Waals surface area contributed by atoms with Gasteiger partial charge in [0.2, 0.25) is 5.88 Å². The highest BCUT2D eigenvalue weighted by molar-refractivity contribution is 5.07. The van der Waals surface area contributed by atoms with Crippen LogP contribution in [0, 0.1) is 5.92 Å². The van der Waals surface area contributed by atoms with Gasteiger partial charge < -0.3 is 14.8 Å². The Morgan fingerprint density at radius 2 is 2.06 bits per heavy atom. The summed E-state index contributed by atoms with van der Waals surface area (Å²) in [5.41, 5.74) is 0.930. The van der Waals surface area contributed by atoms with Crippen LogP contribution in [0.5, 0.6) is 5.88 Å². The van der Waals surface area contributed by atoms with E-state index < -0.39 is 0 Å². The molecule has 0 aliphatic carbocycles. The zero-order chi connectivity index (χ0) is 13.2. The minimum absolute atomic E-state index is 0.568. The van der Waals surface area contributed by atoms with Crippen molar-refractivity contribution in [3.63, 3.8) is 0 Å². The van der Waals surface area contributed by atoms with E-state index >= 15 is 0 Å². The Kier molecular flexibility index (Phi) is 7.29. The maximum atomic E-state index is 5.43. The highest BCUT2D eigenvalue weighted by Gasteiger charge is 1.99. The quantitative estimate of drug-likeness (QED) is 0.678. The second-order valence-corrected chi connectivity index (χ2v) is 4.57. The van der Waals surface area contributed by atoms with Crippen molar-refractivity contribution < 1.29 is 9.47 Å². The predicted octanol–water partition coefficient (Wildman–Crippen LogP) is 1.64. The molecular formula is C13H23N3O2. The van der Waals surface area contributed by atoms with Crippen molar-refractivity contribution in [1.29, 1.82) is 0 Å². The fourth-order valence-corrected chi connectivity index (χ4v) is 1.38. The normalized spacial score (nSPS) is 10.9. The first-order valence-electron chi connectivity index (χ1n) is 6.35. The third kappa shape index (κ3) is 6.51. The number of hydrogen-bond donors (Lipinski definition) is 1. The molecule has 0 unspecified atom stereocenters. The zero-order valence-electron chi connectivity index (χ0n) is 11.5. The smallest absolute Gasteiger partial charge is 0.232 e. The Hall–Kier alpha value is -1.20. The molecule has 0 aliphatic heterocycles. The Balaban J connectivity index is 2.24. The minimum atomic E-state index is 0.568. The lowest BCUT2D eigenvalue weighted by Gasteiger charge is -2.07. The minimum Gasteiger partial charge on any atom is -0.476 e. The van der Waals surface area contributed by atoms with Gasteiger partial charge in [-0.05, 0) is 12.5 Å². The van der Waals surface area contributed by atoms with Crippen LogP contribution in [-0.2, 0) is 11.3 Å². The number of aromatic nitrogens is 2. The van der Waals surface area contributed by atoms with Gasteiger partial charge in [-0.15, -0.1) is 0 Å². The van der Waals surface area contributed by atoms with Gasteiger partial charge in [-0.2, -0.15) is 0 Å². The highest BCUT2D eigenvalue weighted by Crippen LogP contribution is 2.04. The van der Waals surface area contributed by atoms with Gasteiger partial charge in [0.1, 0.15) is 0 Å². The molecule has 102 valence electrons. The topological polar surface area (TPSA) is 56.3 Å². The fourth-order valence-electron chi connectivity index (χ4n) is 1.38. The van der Waals surface area contributed by atoms with Crippen LogP contribution in [0.2, 0.25) is 0 Å². The Morgan fingerprint density at radius 1 is 1.22 bits per heavy atom. The molecule has 5 nitrogen and oxygen atoms in total. The van der Waals surface area contributed by atoms with Crippen molar-refractivity contribution in [1.82, 2.24) is 15.3 Å². The summed E-state index contributed by atoms with van der Waals surface area (Å²) in [5.74, 6) is 1.21. The first-order valence-corrected chi connectivity index (χ1v) is 6.35. The highest BCUT2D eigenvalue weighted by atomic mass is 16.5. The van der Waals surface area contributed by atoms with Gasteiger partial charge in [-0.1, -0.05) is 13.8 Å². The molecule has 0 fully saturated rings. The molecular weight excluding hydrogens is 230 g/mol. The summed E-state index contributed by atoms with van der Waals surface area (Å²) in [4.78, 5) is 8.50. The molecule has 0 saturated carbocycles. The van der Waals surface area contributed by atoms with Crippen LogP contribution >= 0.6 is 0 Å². The number of hydrogen-bond acceptors (Lipinski definition) is 5. The Morgan fingerprint density at radius 3 is 2.67 bits per heavy atom. The second-order valence-electron chi connectivity index (χ2n) is 4.57. The van der Waals surface area contributed by atoms with E-state index in [1.807, 2.05) is 0 Å². The van der Waals surface area contributed by atoms with Gasteiger partial charge in [0.15, 0.2) is 0 Å². The predicted molar refractivity (Wildman–Crippen MR) is 70.6 cm³/mol. The average molecular weight is 253 g/mol. The number of methoxy groups -OCH3 is 1. The van der Waals surface area contributed by atoms with Crippen molar-refractivity contribution in [2.75, 3.05) is 26.9 Å². The van der Waals surface area contributed by atoms with Gasteiger partial charge in [-0.3, -0.25) is 4.98 Å². The molecule has 0 aromatic carbocycles. The third-order valence-corrected chi connectivity index (χ3v) is 2.28. The van der Waals surface area contributed by atoms with Crippen molar-refractivity contribution in [2.24, 2.45) is 5.92 Å². The lowest BCUT2D eigenvalue weighted by atomic mass is 10.2. The molecule has 1 aromatic heterocycles. The summed E-state index contributed by atoms with van der Waals surface area (Å²) in [6, 6.07) is 0. The van der Waals surface area contributed by atoms with Crippen LogP contribution in [-0.4, -0.2) is 36.8 Å². The summed E-state index contributed by atoms with van der Waals surface area (Å²) in [5, 5.41) is 3.32. The van der Waals surface area contributed by atoms with E-state index in [0.29, 0.717) is 25.0 Å². The van der Waals surface area contributed by atoms with Crippen molar-refractivity contribution in [3.8, 4) is 5.88 Å². The molecule has 0 aliphatic rings. The van der Waals surface area contributed by atoms with E-state index in [2.05, 4.69) is 29.1 Å². The Bertz CT molecular complexity index is 315. The lowest BCUT2D eigenvalue weighted by Crippen LogP contribution is -2.19. The van der Waals surface area contributed by atoms with Crippen LogP contribution < -0.4 is 10.1 Å². The molecule has 0 bridgehead atoms. The first kappa shape index (κ1) is 14.9. The number of ether oxygens (including phenoxy) is 2. The third-order valence-electron chi connectivity index (χ3n) is 2.28. The summed E-state index contributed by atoms with van der Waals surface area (Å²) in [6.07, 6.45) is 4.27. The van der Waals surface area contributed by atoms with Gasteiger partial charge >= 0.3 is 0 Å². The Labute approximate surface area is 109 Å². The van der Waals surface area contributed by atoms with Gasteiger partial charge in [-0.25, -0.2) is 4.98 Å². The van der Waals surface area contributed by atoms with E-state index in [-0.39, 0.29) is 0 Å². The average Bonchev–Trinajstić information content (AvgIpc) is 2.36. The molecule has 0 saturated heterocycles. The summed E-state index contributed by atoms with van der Waals surface area (Å²) in [6.45, 7) is 7.38. The zero-order valence-corrected chi connectivity index (χ0v) is 11.5. The van der Waals surface area contributed by atoms with E-state index in [0.717, 1.165) is 25.2 Å². The molecule has 1 N–H and O–H groups in total. The monoisotopic (exact) mass is 253 g/mol. The van der Waals surface area contributed by atoms with E-state index in [1.165, 1.54) is 0 Å². The molecule has 0 atom stereocenters. The van der Waals surface area contributed by atoms with Gasteiger partial charge in [0, 0.05) is 26.7 Å². The molecule has 0 radical (unpaired) electrons. The number of rotatable bonds is 9. The molecule has 1 aromatic rings. The standard InChI is InChI=1S/C13H23N3O2/c1-11(2)7-14-8-12-9-16-13(10-15-12)18-6-4-5-17-3/h9-11,14H,4-8H2,1-3H3. The van der Waals surface area contributed by atoms with Gasteiger partial charge in [0.25, 0.3) is 0 Å². The summed E-state index contributed by atoms with van der Waals surface area (Å²) in [7, 11) is 1.68. The van der Waals surface area contributed by atoms with E-state index in [1.54, 1.807) is 19.5 Å². The number of nitrogens with zero attached hydrogens (tertiary/aromatic N) is 2. The second kappa shape index (κ2) is 8.83. The van der Waals surface area contributed by atoms with Crippen LogP contribution in [0.1, 0.15) is 26.0 Å². The maximum Gasteiger partial charge on any atom is 0.232 e. The fraction of sp³-hybridized carbons (Fsp3) is 0.692. The molecule has 1 heterocycles. The maximum absolute atomic E-state index is 5.43. The van der Waals surface area contributed by atoms with Crippen molar-refractivity contribution in [3.05, 3.63) is 18.1 Å². The summed E-state index contributed by atoms with van der Waals surface area (Å²) >= 11 is 0. The van der Waals surface area contributed by atoms with E-state index in [9.17, 15) is 0 Å². The van der Waals surface area contributed by atoms with E-state index in [4.69, 9.17) is 9.47 Å². The van der Waals surface area contributed by atoms with Crippen LogP contribution in [0.25, 0.3) is 0 Å². The molecule has 1 rings (SSSR count). The molecule has 0 spiro atoms.